The van der Waals surface area contributed by atoms with Gasteiger partial charge in [0.1, 0.15) is 10.7 Å². The van der Waals surface area contributed by atoms with Crippen LogP contribution in [0.15, 0.2) is 77.7 Å². The van der Waals surface area contributed by atoms with E-state index in [0.29, 0.717) is 0 Å². The van der Waals surface area contributed by atoms with E-state index in [9.17, 15) is 13.2 Å². The molecule has 1 aromatic heterocycles. The third-order valence-corrected chi connectivity index (χ3v) is 4.17. The smallest absolute Gasteiger partial charge is 0.255 e. The third kappa shape index (κ3) is 3.57. The molecule has 0 radical (unpaired) electrons. The van der Waals surface area contributed by atoms with Crippen molar-refractivity contribution in [3.05, 3.63) is 88.8 Å². The number of para-hydroxylation sites is 1. The molecule has 0 N–H and O–H groups in total. The van der Waals surface area contributed by atoms with E-state index in [1.54, 1.807) is 29.0 Å². The number of hydrogen-bond acceptors (Lipinski definition) is 3. The number of nitrogens with zero attached hydrogens (tertiary/aromatic N) is 1. The molecule has 1 heterocycles. The van der Waals surface area contributed by atoms with Crippen molar-refractivity contribution in [3.63, 3.8) is 0 Å². The van der Waals surface area contributed by atoms with Gasteiger partial charge < -0.3 is 0 Å². The number of aromatic nitrogens is 1. The zero-order valence-corrected chi connectivity index (χ0v) is 13.1. The average Bonchev–Trinajstić information content (AvgIpc) is 2.56. The monoisotopic (exact) mass is 325 g/mol. The van der Waals surface area contributed by atoms with E-state index in [-0.39, 0.29) is 11.3 Å². The second-order valence-corrected chi connectivity index (χ2v) is 6.13. The largest absolute Gasteiger partial charge is 0.284 e. The summed E-state index contributed by atoms with van der Waals surface area (Å²) in [5.74, 6) is 0.0408. The van der Waals surface area contributed by atoms with E-state index in [4.69, 9.17) is 0 Å². The minimum Gasteiger partial charge on any atom is -0.284 e. The molecule has 0 spiro atoms. The summed E-state index contributed by atoms with van der Waals surface area (Å²) in [7, 11) is -2.43. The van der Waals surface area contributed by atoms with Gasteiger partial charge in [-0.2, -0.15) is 0 Å². The summed E-state index contributed by atoms with van der Waals surface area (Å²) in [5.41, 5.74) is 3.28. The highest BCUT2D eigenvalue weighted by atomic mass is 32.2. The van der Waals surface area contributed by atoms with Crippen molar-refractivity contribution in [2.45, 2.75) is 5.75 Å². The molecule has 116 valence electrons. The number of pyridine rings is 1. The van der Waals surface area contributed by atoms with Gasteiger partial charge in [-0.25, -0.2) is 8.42 Å². The molecule has 0 saturated heterocycles. The van der Waals surface area contributed by atoms with Crippen LogP contribution in [-0.4, -0.2) is 13.0 Å². The first-order valence-electron chi connectivity index (χ1n) is 7.13. The van der Waals surface area contributed by atoms with Crippen LogP contribution in [0.25, 0.3) is 16.8 Å². The molecule has 0 unspecified atom stereocenters. The lowest BCUT2D eigenvalue weighted by Gasteiger charge is -2.09. The summed E-state index contributed by atoms with van der Waals surface area (Å²) in [5, 5.41) is 0. The Morgan fingerprint density at radius 2 is 1.43 bits per heavy atom. The molecule has 0 aliphatic carbocycles. The van der Waals surface area contributed by atoms with E-state index >= 15 is 0 Å². The fourth-order valence-electron chi connectivity index (χ4n) is 2.40. The normalized spacial score (nSPS) is 10.8. The van der Waals surface area contributed by atoms with Crippen LogP contribution in [0.5, 0.6) is 0 Å². The van der Waals surface area contributed by atoms with Gasteiger partial charge in [0.15, 0.2) is 0 Å². The molecule has 0 aliphatic heterocycles. The minimum absolute atomic E-state index is 0.0408. The Bertz CT molecular complexity index is 934. The van der Waals surface area contributed by atoms with Crippen LogP contribution in [0.4, 0.5) is 0 Å². The van der Waals surface area contributed by atoms with Gasteiger partial charge >= 0.3 is 0 Å². The van der Waals surface area contributed by atoms with Crippen LogP contribution in [0.3, 0.4) is 0 Å². The standard InChI is InChI=1S/C18H15NO3S/c20-18-11-10-16(12-19(18)17-4-2-1-3-5-17)15-8-6-14(7-9-15)13-23(21)22/h1-12,23H,13H2. The molecule has 4 nitrogen and oxygen atoms in total. The highest BCUT2D eigenvalue weighted by Crippen LogP contribution is 2.20. The molecular formula is C18H15NO3S. The first kappa shape index (κ1) is 15.2. The number of rotatable bonds is 4. The number of thiol groups is 1. The van der Waals surface area contributed by atoms with Crippen molar-refractivity contribution < 1.29 is 8.42 Å². The van der Waals surface area contributed by atoms with Crippen molar-refractivity contribution in [3.8, 4) is 16.8 Å². The maximum Gasteiger partial charge on any atom is 0.255 e. The Morgan fingerprint density at radius 1 is 0.783 bits per heavy atom. The van der Waals surface area contributed by atoms with Crippen LogP contribution in [0.2, 0.25) is 0 Å². The molecule has 0 aliphatic rings. The Balaban J connectivity index is 1.99. The quantitative estimate of drug-likeness (QED) is 0.750. The summed E-state index contributed by atoms with van der Waals surface area (Å²) in [6, 6.07) is 20.0. The number of hydrogen-bond donors (Lipinski definition) is 1. The van der Waals surface area contributed by atoms with Gasteiger partial charge in [-0.3, -0.25) is 9.36 Å². The van der Waals surface area contributed by atoms with E-state index in [2.05, 4.69) is 0 Å². The van der Waals surface area contributed by atoms with Gasteiger partial charge in [-0.05, 0) is 34.9 Å². The molecule has 3 rings (SSSR count). The topological polar surface area (TPSA) is 56.1 Å². The van der Waals surface area contributed by atoms with Crippen LogP contribution >= 0.6 is 0 Å². The third-order valence-electron chi connectivity index (χ3n) is 3.54. The summed E-state index contributed by atoms with van der Waals surface area (Å²) >= 11 is 0. The van der Waals surface area contributed by atoms with E-state index < -0.39 is 10.7 Å². The van der Waals surface area contributed by atoms with Crippen molar-refractivity contribution in [2.75, 3.05) is 0 Å². The lowest BCUT2D eigenvalue weighted by Crippen LogP contribution is -2.16. The predicted molar refractivity (Wildman–Crippen MR) is 91.5 cm³/mol. The van der Waals surface area contributed by atoms with Gasteiger partial charge in [-0.15, -0.1) is 0 Å². The predicted octanol–water partition coefficient (Wildman–Crippen LogP) is 2.62. The molecule has 0 atom stereocenters. The Hall–Kier alpha value is -2.66. The van der Waals surface area contributed by atoms with Gasteiger partial charge in [-0.1, -0.05) is 42.5 Å². The van der Waals surface area contributed by atoms with Crippen molar-refractivity contribution >= 4 is 10.7 Å². The molecule has 0 amide bonds. The van der Waals surface area contributed by atoms with E-state index in [1.165, 1.54) is 6.07 Å². The molecule has 0 fully saturated rings. The maximum absolute atomic E-state index is 12.1. The molecular weight excluding hydrogens is 310 g/mol. The van der Waals surface area contributed by atoms with Gasteiger partial charge in [0, 0.05) is 18.0 Å². The SMILES string of the molecule is O=c1ccc(-c2ccc(C[SH](=O)=O)cc2)cn1-c1ccccc1. The lowest BCUT2D eigenvalue weighted by molar-refractivity contribution is 0.614. The molecule has 5 heteroatoms. The lowest BCUT2D eigenvalue weighted by atomic mass is 10.1. The van der Waals surface area contributed by atoms with Crippen molar-refractivity contribution in [1.29, 1.82) is 0 Å². The molecule has 2 aromatic carbocycles. The summed E-state index contributed by atoms with van der Waals surface area (Å²) in [6.07, 6.45) is 1.79. The van der Waals surface area contributed by atoms with Gasteiger partial charge in [0.25, 0.3) is 5.56 Å². The van der Waals surface area contributed by atoms with E-state index in [0.717, 1.165) is 22.4 Å². The van der Waals surface area contributed by atoms with Crippen molar-refractivity contribution in [1.82, 2.24) is 4.57 Å². The van der Waals surface area contributed by atoms with Crippen LogP contribution in [-0.2, 0) is 16.5 Å². The molecule has 3 aromatic rings. The maximum atomic E-state index is 12.1. The second-order valence-electron chi connectivity index (χ2n) is 5.15. The zero-order valence-electron chi connectivity index (χ0n) is 12.3. The van der Waals surface area contributed by atoms with E-state index in [1.807, 2.05) is 42.5 Å². The Kier molecular flexibility index (Phi) is 4.39. The molecule has 0 bridgehead atoms. The highest BCUT2D eigenvalue weighted by Gasteiger charge is 2.04. The first-order valence-corrected chi connectivity index (χ1v) is 8.49. The minimum atomic E-state index is -2.43. The fraction of sp³-hybridized carbons (Fsp3) is 0.0556. The zero-order chi connectivity index (χ0) is 16.2. The molecule has 0 saturated carbocycles. The van der Waals surface area contributed by atoms with Crippen LogP contribution < -0.4 is 5.56 Å². The fourth-order valence-corrected chi connectivity index (χ4v) is 2.91. The van der Waals surface area contributed by atoms with Gasteiger partial charge in [0.05, 0.1) is 5.75 Å². The summed E-state index contributed by atoms with van der Waals surface area (Å²) in [4.78, 5) is 12.1. The van der Waals surface area contributed by atoms with Crippen molar-refractivity contribution in [2.24, 2.45) is 0 Å². The number of benzene rings is 2. The average molecular weight is 325 g/mol. The van der Waals surface area contributed by atoms with Crippen LogP contribution in [0, 0.1) is 0 Å². The second kappa shape index (κ2) is 6.62. The highest BCUT2D eigenvalue weighted by molar-refractivity contribution is 7.71. The molecule has 23 heavy (non-hydrogen) atoms. The first-order chi connectivity index (χ1) is 11.1. The Labute approximate surface area is 135 Å². The van der Waals surface area contributed by atoms with Crippen LogP contribution in [0.1, 0.15) is 5.56 Å². The van der Waals surface area contributed by atoms with Gasteiger partial charge in [0.2, 0.25) is 0 Å². The summed E-state index contributed by atoms with van der Waals surface area (Å²) in [6.45, 7) is 0. The Morgan fingerprint density at radius 3 is 2.09 bits per heavy atom. The summed E-state index contributed by atoms with van der Waals surface area (Å²) < 4.78 is 23.1.